The minimum absolute atomic E-state index is 0.367. The van der Waals surface area contributed by atoms with E-state index in [-0.39, 0.29) is 0 Å². The second kappa shape index (κ2) is 8.85. The molecule has 0 radical (unpaired) electrons. The summed E-state index contributed by atoms with van der Waals surface area (Å²) in [5.74, 6) is 0.367. The van der Waals surface area contributed by atoms with Gasteiger partial charge >= 0.3 is 0 Å². The zero-order chi connectivity index (χ0) is 16.1. The van der Waals surface area contributed by atoms with Crippen LogP contribution in [0, 0.1) is 0 Å². The van der Waals surface area contributed by atoms with Crippen molar-refractivity contribution in [3.63, 3.8) is 0 Å². The predicted octanol–water partition coefficient (Wildman–Crippen LogP) is 7.11. The second-order valence-electron chi connectivity index (χ2n) is 5.02. The van der Waals surface area contributed by atoms with Gasteiger partial charge in [0.25, 0.3) is 0 Å². The first kappa shape index (κ1) is 18.5. The van der Waals surface area contributed by atoms with Crippen molar-refractivity contribution in [1.82, 2.24) is 0 Å². The smallest absolute Gasteiger partial charge is 0.0595 e. The molecule has 1 aliphatic carbocycles. The standard InChI is InChI=1S/C17H15Cl2N.I2/c1-20-17-9-7-12(13-4-2-3-5-14(13)17)11-6-8-15(18)16(19)10-11;1-2/h2-6,8,10,12H,7,9H2,1H3;/t12-;/m0./s1. The summed E-state index contributed by atoms with van der Waals surface area (Å²) < 4.78 is 0. The number of halogens is 4. The predicted molar refractivity (Wildman–Crippen MR) is 114 cm³/mol. The summed E-state index contributed by atoms with van der Waals surface area (Å²) in [4.78, 5) is 4.42. The molecule has 0 saturated heterocycles. The quantitative estimate of drug-likeness (QED) is 0.331. The SMILES string of the molecule is CN=C1CC[C@@H](c2ccc(Cl)c(Cl)c2)c2ccccc21.II. The third-order valence-electron chi connectivity index (χ3n) is 3.93. The highest BCUT2D eigenvalue weighted by Gasteiger charge is 2.25. The van der Waals surface area contributed by atoms with Crippen molar-refractivity contribution >= 4 is 66.1 Å². The van der Waals surface area contributed by atoms with Gasteiger partial charge in [-0.2, -0.15) is 0 Å². The molecule has 0 aliphatic heterocycles. The van der Waals surface area contributed by atoms with Crippen LogP contribution in [0.3, 0.4) is 0 Å². The van der Waals surface area contributed by atoms with Crippen LogP contribution in [0.2, 0.25) is 10.0 Å². The third-order valence-corrected chi connectivity index (χ3v) is 4.67. The molecular weight excluding hydrogens is 543 g/mol. The maximum Gasteiger partial charge on any atom is 0.0595 e. The molecular formula is C17H15Cl2I2N. The molecule has 1 nitrogen and oxygen atoms in total. The molecule has 5 heteroatoms. The molecule has 0 N–H and O–H groups in total. The number of benzene rings is 2. The molecule has 0 spiro atoms. The first-order valence-electron chi connectivity index (χ1n) is 6.85. The Morgan fingerprint density at radius 2 is 1.77 bits per heavy atom. The van der Waals surface area contributed by atoms with E-state index in [1.165, 1.54) is 22.4 Å². The van der Waals surface area contributed by atoms with Crippen molar-refractivity contribution in [3.8, 4) is 0 Å². The van der Waals surface area contributed by atoms with Crippen LogP contribution in [0.5, 0.6) is 0 Å². The molecule has 0 heterocycles. The van der Waals surface area contributed by atoms with E-state index in [0.717, 1.165) is 12.8 Å². The molecule has 0 bridgehead atoms. The number of nitrogens with zero attached hydrogens (tertiary/aromatic N) is 1. The highest BCUT2D eigenvalue weighted by Crippen LogP contribution is 2.38. The Kier molecular flexibility index (Phi) is 7.44. The molecule has 0 aromatic heterocycles. The van der Waals surface area contributed by atoms with Crippen LogP contribution in [-0.4, -0.2) is 12.8 Å². The van der Waals surface area contributed by atoms with Gasteiger partial charge in [-0.3, -0.25) is 4.99 Å². The number of rotatable bonds is 1. The van der Waals surface area contributed by atoms with Crippen molar-refractivity contribution in [2.75, 3.05) is 7.05 Å². The lowest BCUT2D eigenvalue weighted by molar-refractivity contribution is 0.722. The maximum atomic E-state index is 6.16. The Morgan fingerprint density at radius 3 is 2.45 bits per heavy atom. The van der Waals surface area contributed by atoms with E-state index >= 15 is 0 Å². The van der Waals surface area contributed by atoms with Crippen molar-refractivity contribution in [3.05, 3.63) is 69.2 Å². The van der Waals surface area contributed by atoms with Gasteiger partial charge < -0.3 is 0 Å². The highest BCUT2D eigenvalue weighted by atomic mass is 128. The summed E-state index contributed by atoms with van der Waals surface area (Å²) in [6.07, 6.45) is 2.06. The normalized spacial score (nSPS) is 18.4. The topological polar surface area (TPSA) is 12.4 Å². The van der Waals surface area contributed by atoms with E-state index in [4.69, 9.17) is 23.2 Å². The van der Waals surface area contributed by atoms with Crippen LogP contribution in [0.1, 0.15) is 35.4 Å². The van der Waals surface area contributed by atoms with E-state index in [1.54, 1.807) is 0 Å². The number of aliphatic imine (C=N–C) groups is 1. The molecule has 116 valence electrons. The van der Waals surface area contributed by atoms with E-state index < -0.39 is 0 Å². The van der Waals surface area contributed by atoms with E-state index in [2.05, 4.69) is 72.6 Å². The molecule has 1 aliphatic rings. The summed E-state index contributed by atoms with van der Waals surface area (Å²) in [6, 6.07) is 14.4. The zero-order valence-electron chi connectivity index (χ0n) is 12.0. The molecule has 0 unspecified atom stereocenters. The second-order valence-corrected chi connectivity index (χ2v) is 5.84. The lowest BCUT2D eigenvalue weighted by Gasteiger charge is -2.27. The number of fused-ring (bicyclic) bond motifs is 1. The summed E-state index contributed by atoms with van der Waals surface area (Å²) in [5.41, 5.74) is 5.01. The minimum atomic E-state index is 0.367. The van der Waals surface area contributed by atoms with Gasteiger partial charge in [0.15, 0.2) is 0 Å². The molecule has 22 heavy (non-hydrogen) atoms. The van der Waals surface area contributed by atoms with Gasteiger partial charge in [0.05, 0.1) is 10.0 Å². The van der Waals surface area contributed by atoms with Gasteiger partial charge in [-0.05, 0) is 41.7 Å². The van der Waals surface area contributed by atoms with Crippen molar-refractivity contribution in [2.24, 2.45) is 4.99 Å². The van der Waals surface area contributed by atoms with E-state index in [9.17, 15) is 0 Å². The zero-order valence-corrected chi connectivity index (χ0v) is 17.8. The maximum absolute atomic E-state index is 6.16. The van der Waals surface area contributed by atoms with E-state index in [0.29, 0.717) is 16.0 Å². The summed E-state index contributed by atoms with van der Waals surface area (Å²) >= 11 is 16.4. The summed E-state index contributed by atoms with van der Waals surface area (Å²) in [5, 5.41) is 1.23. The van der Waals surface area contributed by atoms with Crippen LogP contribution >= 0.6 is 60.4 Å². The fourth-order valence-electron chi connectivity index (χ4n) is 2.94. The van der Waals surface area contributed by atoms with Crippen LogP contribution in [0.25, 0.3) is 0 Å². The van der Waals surface area contributed by atoms with Gasteiger partial charge in [-0.15, -0.1) is 0 Å². The van der Waals surface area contributed by atoms with Gasteiger partial charge in [0, 0.05) is 55.9 Å². The van der Waals surface area contributed by atoms with Gasteiger partial charge in [-0.25, -0.2) is 0 Å². The Labute approximate surface area is 164 Å². The number of hydrogen-bond acceptors (Lipinski definition) is 1. The first-order chi connectivity index (χ1) is 10.7. The van der Waals surface area contributed by atoms with Gasteiger partial charge in [0.2, 0.25) is 0 Å². The third kappa shape index (κ3) is 3.97. The molecule has 1 atom stereocenters. The van der Waals surface area contributed by atoms with Crippen molar-refractivity contribution < 1.29 is 0 Å². The average Bonchev–Trinajstić information content (AvgIpc) is 2.58. The molecule has 0 fully saturated rings. The van der Waals surface area contributed by atoms with E-state index in [1.807, 2.05) is 19.2 Å². The largest absolute Gasteiger partial charge is 0.292 e. The van der Waals surface area contributed by atoms with Crippen LogP contribution in [-0.2, 0) is 0 Å². The van der Waals surface area contributed by atoms with Gasteiger partial charge in [-0.1, -0.05) is 53.5 Å². The average molecular weight is 558 g/mol. The Hall–Kier alpha value is 0.150. The molecule has 0 amide bonds. The first-order valence-corrected chi connectivity index (χ1v) is 13.9. The monoisotopic (exact) mass is 557 g/mol. The van der Waals surface area contributed by atoms with Crippen molar-refractivity contribution in [1.29, 1.82) is 0 Å². The Bertz CT molecular complexity index is 686. The summed E-state index contributed by atoms with van der Waals surface area (Å²) in [6.45, 7) is 0. The molecule has 2 aromatic rings. The molecule has 0 saturated carbocycles. The Balaban J connectivity index is 0.000000847. The summed E-state index contributed by atoms with van der Waals surface area (Å²) in [7, 11) is 1.87. The lowest BCUT2D eigenvalue weighted by atomic mass is 9.78. The van der Waals surface area contributed by atoms with Crippen LogP contribution < -0.4 is 0 Å². The van der Waals surface area contributed by atoms with Gasteiger partial charge in [0.1, 0.15) is 0 Å². The molecule has 3 rings (SSSR count). The fourth-order valence-corrected chi connectivity index (χ4v) is 3.25. The lowest BCUT2D eigenvalue weighted by Crippen LogP contribution is -2.17. The minimum Gasteiger partial charge on any atom is -0.292 e. The number of hydrogen-bond donors (Lipinski definition) is 0. The van der Waals surface area contributed by atoms with Crippen molar-refractivity contribution in [2.45, 2.75) is 18.8 Å². The van der Waals surface area contributed by atoms with Crippen LogP contribution in [0.15, 0.2) is 47.5 Å². The molecule has 2 aromatic carbocycles. The highest BCUT2D eigenvalue weighted by molar-refractivity contribution is 15.0. The van der Waals surface area contributed by atoms with Crippen LogP contribution in [0.4, 0.5) is 0 Å². The Morgan fingerprint density at radius 1 is 1.05 bits per heavy atom. The fraction of sp³-hybridized carbons (Fsp3) is 0.235.